The minimum atomic E-state index is -0.208. The minimum absolute atomic E-state index is 0.147. The molecule has 3 nitrogen and oxygen atoms in total. The van der Waals surface area contributed by atoms with E-state index in [2.05, 4.69) is 52.5 Å². The van der Waals surface area contributed by atoms with Gasteiger partial charge in [0.25, 0.3) is 0 Å². The molecule has 1 aromatic carbocycles. The molecule has 1 saturated heterocycles. The van der Waals surface area contributed by atoms with Gasteiger partial charge in [-0.25, -0.2) is 0 Å². The lowest BCUT2D eigenvalue weighted by molar-refractivity contribution is -0.128. The van der Waals surface area contributed by atoms with Gasteiger partial charge in [0.15, 0.2) is 0 Å². The Bertz CT molecular complexity index is 424. The van der Waals surface area contributed by atoms with Crippen molar-refractivity contribution in [2.75, 3.05) is 13.1 Å². The van der Waals surface area contributed by atoms with Gasteiger partial charge in [0.2, 0.25) is 5.91 Å². The number of carbonyl (C=O) groups is 1. The molecule has 1 aromatic rings. The van der Waals surface area contributed by atoms with Crippen LogP contribution in [0.5, 0.6) is 0 Å². The standard InChI is InChI=1S/C14H19BrN2O/c1-14(2,17-13(18)11-8-16-9-11)7-10-3-5-12(15)6-4-10/h3-6,11,16H,7-9H2,1-2H3,(H,17,18). The van der Waals surface area contributed by atoms with E-state index in [0.717, 1.165) is 24.0 Å². The Kier molecular flexibility index (Phi) is 4.07. The van der Waals surface area contributed by atoms with Crippen molar-refractivity contribution in [3.05, 3.63) is 34.3 Å². The Morgan fingerprint density at radius 3 is 2.50 bits per heavy atom. The first-order chi connectivity index (χ1) is 8.46. The molecule has 0 aromatic heterocycles. The monoisotopic (exact) mass is 310 g/mol. The molecule has 0 radical (unpaired) electrons. The van der Waals surface area contributed by atoms with E-state index in [0.29, 0.717) is 0 Å². The summed E-state index contributed by atoms with van der Waals surface area (Å²) in [5.74, 6) is 0.310. The Morgan fingerprint density at radius 2 is 2.00 bits per heavy atom. The molecular weight excluding hydrogens is 292 g/mol. The Hall–Kier alpha value is -0.870. The maximum Gasteiger partial charge on any atom is 0.226 e. The van der Waals surface area contributed by atoms with Gasteiger partial charge in [-0.15, -0.1) is 0 Å². The zero-order valence-electron chi connectivity index (χ0n) is 10.8. The molecule has 0 unspecified atom stereocenters. The first kappa shape index (κ1) is 13.6. The molecule has 2 N–H and O–H groups in total. The van der Waals surface area contributed by atoms with Gasteiger partial charge < -0.3 is 10.6 Å². The van der Waals surface area contributed by atoms with Crippen LogP contribution in [0, 0.1) is 5.92 Å². The number of nitrogens with one attached hydrogen (secondary N) is 2. The first-order valence-electron chi connectivity index (χ1n) is 6.23. The van der Waals surface area contributed by atoms with E-state index in [9.17, 15) is 4.79 Å². The molecule has 0 saturated carbocycles. The topological polar surface area (TPSA) is 41.1 Å². The van der Waals surface area contributed by atoms with Gasteiger partial charge in [-0.3, -0.25) is 4.79 Å². The molecule has 4 heteroatoms. The predicted octanol–water partition coefficient (Wildman–Crippen LogP) is 2.11. The second kappa shape index (κ2) is 5.41. The molecule has 18 heavy (non-hydrogen) atoms. The molecule has 1 aliphatic heterocycles. The fourth-order valence-corrected chi connectivity index (χ4v) is 2.33. The zero-order valence-corrected chi connectivity index (χ0v) is 12.4. The van der Waals surface area contributed by atoms with Crippen LogP contribution in [0.1, 0.15) is 19.4 Å². The van der Waals surface area contributed by atoms with Crippen LogP contribution in [-0.2, 0) is 11.2 Å². The fraction of sp³-hybridized carbons (Fsp3) is 0.500. The Morgan fingerprint density at radius 1 is 1.39 bits per heavy atom. The van der Waals surface area contributed by atoms with Crippen LogP contribution in [-0.4, -0.2) is 24.5 Å². The van der Waals surface area contributed by atoms with Gasteiger partial charge in [0, 0.05) is 23.1 Å². The van der Waals surface area contributed by atoms with Crippen molar-refractivity contribution >= 4 is 21.8 Å². The third-order valence-electron chi connectivity index (χ3n) is 3.17. The first-order valence-corrected chi connectivity index (χ1v) is 7.03. The third-order valence-corrected chi connectivity index (χ3v) is 3.70. The smallest absolute Gasteiger partial charge is 0.226 e. The van der Waals surface area contributed by atoms with E-state index >= 15 is 0 Å². The summed E-state index contributed by atoms with van der Waals surface area (Å²) in [6, 6.07) is 8.23. The molecule has 1 fully saturated rings. The van der Waals surface area contributed by atoms with Gasteiger partial charge in [-0.1, -0.05) is 28.1 Å². The highest BCUT2D eigenvalue weighted by Gasteiger charge is 2.29. The molecule has 0 atom stereocenters. The van der Waals surface area contributed by atoms with E-state index in [-0.39, 0.29) is 17.4 Å². The average molecular weight is 311 g/mol. The van der Waals surface area contributed by atoms with Gasteiger partial charge >= 0.3 is 0 Å². The van der Waals surface area contributed by atoms with Crippen molar-refractivity contribution in [1.29, 1.82) is 0 Å². The van der Waals surface area contributed by atoms with Crippen LogP contribution < -0.4 is 10.6 Å². The lowest BCUT2D eigenvalue weighted by atomic mass is 9.93. The van der Waals surface area contributed by atoms with Gasteiger partial charge in [-0.05, 0) is 38.0 Å². The fourth-order valence-electron chi connectivity index (χ4n) is 2.07. The van der Waals surface area contributed by atoms with E-state index < -0.39 is 0 Å². The van der Waals surface area contributed by atoms with Crippen LogP contribution in [0.4, 0.5) is 0 Å². The molecule has 0 aliphatic carbocycles. The summed E-state index contributed by atoms with van der Waals surface area (Å²) in [5, 5.41) is 6.25. The summed E-state index contributed by atoms with van der Waals surface area (Å²) in [7, 11) is 0. The van der Waals surface area contributed by atoms with Crippen molar-refractivity contribution in [3.63, 3.8) is 0 Å². The van der Waals surface area contributed by atoms with Crippen LogP contribution in [0.25, 0.3) is 0 Å². The lowest BCUT2D eigenvalue weighted by Gasteiger charge is -2.32. The summed E-state index contributed by atoms with van der Waals surface area (Å²) >= 11 is 3.42. The van der Waals surface area contributed by atoms with Gasteiger partial charge in [0.05, 0.1) is 5.92 Å². The summed E-state index contributed by atoms with van der Waals surface area (Å²) in [6.45, 7) is 5.75. The number of rotatable bonds is 4. The van der Waals surface area contributed by atoms with E-state index in [1.165, 1.54) is 5.56 Å². The molecule has 98 valence electrons. The van der Waals surface area contributed by atoms with Crippen LogP contribution in [0.2, 0.25) is 0 Å². The molecule has 0 spiro atoms. The maximum absolute atomic E-state index is 11.9. The third kappa shape index (κ3) is 3.56. The highest BCUT2D eigenvalue weighted by atomic mass is 79.9. The minimum Gasteiger partial charge on any atom is -0.351 e. The molecule has 1 aliphatic rings. The van der Waals surface area contributed by atoms with Gasteiger partial charge in [-0.2, -0.15) is 0 Å². The normalized spacial score (nSPS) is 16.2. The summed E-state index contributed by atoms with van der Waals surface area (Å²) < 4.78 is 1.08. The van der Waals surface area contributed by atoms with Crippen LogP contribution in [0.3, 0.4) is 0 Å². The molecule has 1 amide bonds. The van der Waals surface area contributed by atoms with Crippen molar-refractivity contribution in [3.8, 4) is 0 Å². The predicted molar refractivity (Wildman–Crippen MR) is 76.4 cm³/mol. The van der Waals surface area contributed by atoms with Gasteiger partial charge in [0.1, 0.15) is 0 Å². The van der Waals surface area contributed by atoms with Crippen molar-refractivity contribution in [1.82, 2.24) is 10.6 Å². The number of amides is 1. The lowest BCUT2D eigenvalue weighted by Crippen LogP contribution is -2.55. The van der Waals surface area contributed by atoms with Crippen LogP contribution in [0.15, 0.2) is 28.7 Å². The van der Waals surface area contributed by atoms with E-state index in [1.807, 2.05) is 12.1 Å². The van der Waals surface area contributed by atoms with E-state index in [1.54, 1.807) is 0 Å². The Balaban J connectivity index is 1.93. The zero-order chi connectivity index (χ0) is 13.2. The van der Waals surface area contributed by atoms with Crippen molar-refractivity contribution in [2.24, 2.45) is 5.92 Å². The van der Waals surface area contributed by atoms with Crippen LogP contribution >= 0.6 is 15.9 Å². The van der Waals surface area contributed by atoms with Crippen molar-refractivity contribution in [2.45, 2.75) is 25.8 Å². The second-order valence-corrected chi connectivity index (χ2v) is 6.45. The second-order valence-electron chi connectivity index (χ2n) is 5.53. The highest BCUT2D eigenvalue weighted by Crippen LogP contribution is 2.17. The molecule has 2 rings (SSSR count). The highest BCUT2D eigenvalue weighted by molar-refractivity contribution is 9.10. The summed E-state index contributed by atoms with van der Waals surface area (Å²) in [4.78, 5) is 11.9. The number of carbonyl (C=O) groups excluding carboxylic acids is 1. The summed E-state index contributed by atoms with van der Waals surface area (Å²) in [6.07, 6.45) is 0.839. The number of hydrogen-bond donors (Lipinski definition) is 2. The largest absolute Gasteiger partial charge is 0.351 e. The Labute approximate surface area is 116 Å². The number of benzene rings is 1. The number of hydrogen-bond acceptors (Lipinski definition) is 2. The molecular formula is C14H19BrN2O. The van der Waals surface area contributed by atoms with Crippen molar-refractivity contribution < 1.29 is 4.79 Å². The SMILES string of the molecule is CC(C)(Cc1ccc(Br)cc1)NC(=O)C1CNC1. The maximum atomic E-state index is 11.9. The van der Waals surface area contributed by atoms with E-state index in [4.69, 9.17) is 0 Å². The number of halogens is 1. The quantitative estimate of drug-likeness (QED) is 0.894. The molecule has 0 bridgehead atoms. The average Bonchev–Trinajstić information content (AvgIpc) is 2.17. The summed E-state index contributed by atoms with van der Waals surface area (Å²) in [5.41, 5.74) is 1.02. The molecule has 1 heterocycles.